The van der Waals surface area contributed by atoms with Gasteiger partial charge in [0, 0.05) is 6.54 Å². The molecule has 0 saturated heterocycles. The van der Waals surface area contributed by atoms with Crippen LogP contribution in [0.4, 0.5) is 0 Å². The van der Waals surface area contributed by atoms with E-state index in [-0.39, 0.29) is 17.6 Å². The summed E-state index contributed by atoms with van der Waals surface area (Å²) >= 11 is 0. The summed E-state index contributed by atoms with van der Waals surface area (Å²) in [5.74, 6) is 0.577. The van der Waals surface area contributed by atoms with Gasteiger partial charge in [0.25, 0.3) is 0 Å². The molecular formula is C15H19NO3. The first-order valence-electron chi connectivity index (χ1n) is 6.51. The highest BCUT2D eigenvalue weighted by Crippen LogP contribution is 2.26. The van der Waals surface area contributed by atoms with Crippen molar-refractivity contribution < 1.29 is 14.6 Å². The fourth-order valence-corrected chi connectivity index (χ4v) is 2.18. The van der Waals surface area contributed by atoms with E-state index in [1.54, 1.807) is 18.2 Å². The van der Waals surface area contributed by atoms with Gasteiger partial charge in [-0.25, -0.2) is 0 Å². The SMILES string of the molecule is COc1cc(CNC(=O)C2C=CCCC2)ccc1O. The van der Waals surface area contributed by atoms with Gasteiger partial charge in [0.2, 0.25) is 5.91 Å². The first-order valence-corrected chi connectivity index (χ1v) is 6.51. The summed E-state index contributed by atoms with van der Waals surface area (Å²) in [5.41, 5.74) is 0.905. The lowest BCUT2D eigenvalue weighted by Gasteiger charge is -2.16. The van der Waals surface area contributed by atoms with Crippen molar-refractivity contribution >= 4 is 5.91 Å². The molecule has 1 atom stereocenters. The Bertz CT molecular complexity index is 482. The zero-order chi connectivity index (χ0) is 13.7. The highest BCUT2D eigenvalue weighted by Gasteiger charge is 2.16. The molecule has 4 heteroatoms. The standard InChI is InChI=1S/C15H19NO3/c1-19-14-9-11(7-8-13(14)17)10-16-15(18)12-5-3-2-4-6-12/h3,5,7-9,12,17H,2,4,6,10H2,1H3,(H,16,18). The normalized spacial score (nSPS) is 18.1. The second kappa shape index (κ2) is 6.27. The third-order valence-corrected chi connectivity index (χ3v) is 3.30. The molecule has 0 fully saturated rings. The first kappa shape index (κ1) is 13.5. The fraction of sp³-hybridized carbons (Fsp3) is 0.400. The van der Waals surface area contributed by atoms with Crippen molar-refractivity contribution in [3.05, 3.63) is 35.9 Å². The maximum atomic E-state index is 11.9. The number of aromatic hydroxyl groups is 1. The van der Waals surface area contributed by atoms with Crippen LogP contribution in [0.15, 0.2) is 30.4 Å². The lowest BCUT2D eigenvalue weighted by Crippen LogP contribution is -2.30. The van der Waals surface area contributed by atoms with Crippen LogP contribution in [0, 0.1) is 5.92 Å². The van der Waals surface area contributed by atoms with Crippen molar-refractivity contribution in [3.63, 3.8) is 0 Å². The third kappa shape index (κ3) is 3.50. The smallest absolute Gasteiger partial charge is 0.227 e. The van der Waals surface area contributed by atoms with Crippen molar-refractivity contribution in [2.75, 3.05) is 7.11 Å². The molecule has 0 aliphatic heterocycles. The summed E-state index contributed by atoms with van der Waals surface area (Å²) < 4.78 is 5.03. The number of carbonyl (C=O) groups is 1. The first-order chi connectivity index (χ1) is 9.20. The van der Waals surface area contributed by atoms with E-state index < -0.39 is 0 Å². The van der Waals surface area contributed by atoms with Crippen molar-refractivity contribution in [2.45, 2.75) is 25.8 Å². The van der Waals surface area contributed by atoms with Gasteiger partial charge in [-0.2, -0.15) is 0 Å². The van der Waals surface area contributed by atoms with E-state index in [0.29, 0.717) is 12.3 Å². The maximum Gasteiger partial charge on any atom is 0.227 e. The maximum absolute atomic E-state index is 11.9. The quantitative estimate of drug-likeness (QED) is 0.818. The van der Waals surface area contributed by atoms with E-state index in [9.17, 15) is 9.90 Å². The number of hydrogen-bond acceptors (Lipinski definition) is 3. The van der Waals surface area contributed by atoms with Crippen LogP contribution in [0.1, 0.15) is 24.8 Å². The number of phenolic OH excluding ortho intramolecular Hbond substituents is 1. The number of hydrogen-bond donors (Lipinski definition) is 2. The molecule has 2 N–H and O–H groups in total. The van der Waals surface area contributed by atoms with Crippen LogP contribution in [0.3, 0.4) is 0 Å². The molecule has 1 aromatic carbocycles. The summed E-state index contributed by atoms with van der Waals surface area (Å²) in [7, 11) is 1.50. The molecule has 1 aromatic rings. The fourth-order valence-electron chi connectivity index (χ4n) is 2.18. The van der Waals surface area contributed by atoms with Gasteiger partial charge in [-0.05, 0) is 37.0 Å². The van der Waals surface area contributed by atoms with Gasteiger partial charge < -0.3 is 15.2 Å². The summed E-state index contributed by atoms with van der Waals surface area (Å²) in [4.78, 5) is 11.9. The predicted octanol–water partition coefficient (Wildman–Crippen LogP) is 2.37. The minimum atomic E-state index is -0.00670. The average molecular weight is 261 g/mol. The molecule has 0 bridgehead atoms. The molecule has 0 heterocycles. The molecule has 0 radical (unpaired) electrons. The van der Waals surface area contributed by atoms with Crippen LogP contribution in [0.2, 0.25) is 0 Å². The summed E-state index contributed by atoms with van der Waals surface area (Å²) in [5, 5.41) is 12.4. The molecule has 1 aliphatic carbocycles. The number of allylic oxidation sites excluding steroid dienone is 1. The highest BCUT2D eigenvalue weighted by atomic mass is 16.5. The topological polar surface area (TPSA) is 58.6 Å². The second-order valence-electron chi connectivity index (χ2n) is 4.69. The molecule has 19 heavy (non-hydrogen) atoms. The number of amides is 1. The molecule has 1 unspecified atom stereocenters. The number of methoxy groups -OCH3 is 1. The lowest BCUT2D eigenvalue weighted by molar-refractivity contribution is -0.124. The predicted molar refractivity (Wildman–Crippen MR) is 73.0 cm³/mol. The van der Waals surface area contributed by atoms with Gasteiger partial charge in [-0.3, -0.25) is 4.79 Å². The molecule has 4 nitrogen and oxygen atoms in total. The Hall–Kier alpha value is -1.97. The molecule has 0 aromatic heterocycles. The van der Waals surface area contributed by atoms with Crippen molar-refractivity contribution in [2.24, 2.45) is 5.92 Å². The molecule has 1 aliphatic rings. The Morgan fingerprint density at radius 2 is 2.37 bits per heavy atom. The summed E-state index contributed by atoms with van der Waals surface area (Å²) in [6, 6.07) is 5.07. The number of nitrogens with one attached hydrogen (secondary N) is 1. The van der Waals surface area contributed by atoms with Gasteiger partial charge in [0.05, 0.1) is 13.0 Å². The minimum Gasteiger partial charge on any atom is -0.504 e. The zero-order valence-corrected chi connectivity index (χ0v) is 11.1. The average Bonchev–Trinajstić information content (AvgIpc) is 2.47. The van der Waals surface area contributed by atoms with Crippen LogP contribution >= 0.6 is 0 Å². The van der Waals surface area contributed by atoms with Crippen LogP contribution < -0.4 is 10.1 Å². The van der Waals surface area contributed by atoms with E-state index >= 15 is 0 Å². The van der Waals surface area contributed by atoms with E-state index in [0.717, 1.165) is 24.8 Å². The van der Waals surface area contributed by atoms with Crippen molar-refractivity contribution in [1.29, 1.82) is 0 Å². The van der Waals surface area contributed by atoms with Crippen molar-refractivity contribution in [3.8, 4) is 11.5 Å². The molecular weight excluding hydrogens is 242 g/mol. The Balaban J connectivity index is 1.93. The van der Waals surface area contributed by atoms with E-state index in [1.807, 2.05) is 6.08 Å². The van der Waals surface area contributed by atoms with E-state index in [1.165, 1.54) is 7.11 Å². The number of ether oxygens (including phenoxy) is 1. The Morgan fingerprint density at radius 3 is 3.05 bits per heavy atom. The Kier molecular flexibility index (Phi) is 4.44. The molecule has 0 spiro atoms. The molecule has 102 valence electrons. The van der Waals surface area contributed by atoms with Gasteiger partial charge in [-0.15, -0.1) is 0 Å². The van der Waals surface area contributed by atoms with Gasteiger partial charge in [0.15, 0.2) is 11.5 Å². The molecule has 0 saturated carbocycles. The number of phenols is 1. The van der Waals surface area contributed by atoms with Gasteiger partial charge in [-0.1, -0.05) is 18.2 Å². The number of benzene rings is 1. The van der Waals surface area contributed by atoms with Crippen molar-refractivity contribution in [1.82, 2.24) is 5.32 Å². The van der Waals surface area contributed by atoms with E-state index in [4.69, 9.17) is 4.74 Å². The number of carbonyl (C=O) groups excluding carboxylic acids is 1. The second-order valence-corrected chi connectivity index (χ2v) is 4.69. The van der Waals surface area contributed by atoms with E-state index in [2.05, 4.69) is 11.4 Å². The van der Waals surface area contributed by atoms with Gasteiger partial charge in [0.1, 0.15) is 0 Å². The largest absolute Gasteiger partial charge is 0.504 e. The van der Waals surface area contributed by atoms with Crippen LogP contribution in [-0.4, -0.2) is 18.1 Å². The van der Waals surface area contributed by atoms with Gasteiger partial charge >= 0.3 is 0 Å². The molecule has 2 rings (SSSR count). The van der Waals surface area contributed by atoms with Crippen LogP contribution in [0.5, 0.6) is 11.5 Å². The monoisotopic (exact) mass is 261 g/mol. The highest BCUT2D eigenvalue weighted by molar-refractivity contribution is 5.80. The Morgan fingerprint density at radius 1 is 1.53 bits per heavy atom. The third-order valence-electron chi connectivity index (χ3n) is 3.30. The molecule has 1 amide bonds. The summed E-state index contributed by atoms with van der Waals surface area (Å²) in [6.07, 6.45) is 7.11. The lowest BCUT2D eigenvalue weighted by atomic mass is 9.95. The zero-order valence-electron chi connectivity index (χ0n) is 11.1. The Labute approximate surface area is 113 Å². The van der Waals surface area contributed by atoms with Crippen LogP contribution in [0.25, 0.3) is 0 Å². The summed E-state index contributed by atoms with van der Waals surface area (Å²) in [6.45, 7) is 0.444. The number of rotatable bonds is 4. The minimum absolute atomic E-state index is 0.00670. The van der Waals surface area contributed by atoms with Crippen LogP contribution in [-0.2, 0) is 11.3 Å².